The molecule has 1 aromatic carbocycles. The van der Waals surface area contributed by atoms with E-state index in [9.17, 15) is 4.79 Å². The zero-order valence-corrected chi connectivity index (χ0v) is 10.9. The summed E-state index contributed by atoms with van der Waals surface area (Å²) in [6, 6.07) is 8.15. The Morgan fingerprint density at radius 2 is 2.17 bits per heavy atom. The Balaban J connectivity index is 2.42. The third-order valence-electron chi connectivity index (χ3n) is 3.25. The van der Waals surface area contributed by atoms with Gasteiger partial charge in [-0.1, -0.05) is 18.2 Å². The number of rotatable bonds is 4. The number of benzene rings is 1. The Kier molecular flexibility index (Phi) is 3.67. The maximum atomic E-state index is 11.4. The number of esters is 1. The molecule has 96 valence electrons. The number of hydrogen-bond donors (Lipinski definition) is 1. The lowest BCUT2D eigenvalue weighted by molar-refractivity contribution is -0.141. The molecule has 0 aliphatic carbocycles. The molecule has 18 heavy (non-hydrogen) atoms. The van der Waals surface area contributed by atoms with Crippen LogP contribution in [0, 0.1) is 0 Å². The highest BCUT2D eigenvalue weighted by Gasteiger charge is 2.18. The first-order valence-electron chi connectivity index (χ1n) is 5.95. The lowest BCUT2D eigenvalue weighted by Gasteiger charge is -2.14. The first kappa shape index (κ1) is 12.6. The average Bonchev–Trinajstić information content (AvgIpc) is 2.74. The van der Waals surface area contributed by atoms with Gasteiger partial charge in [0.1, 0.15) is 0 Å². The van der Waals surface area contributed by atoms with E-state index in [1.54, 1.807) is 0 Å². The van der Waals surface area contributed by atoms with Crippen molar-refractivity contribution in [1.29, 1.82) is 0 Å². The minimum Gasteiger partial charge on any atom is -0.469 e. The van der Waals surface area contributed by atoms with Crippen molar-refractivity contribution in [1.82, 2.24) is 9.88 Å². The number of methoxy groups -OCH3 is 1. The molecule has 0 saturated carbocycles. The number of aromatic nitrogens is 1. The standard InChI is InChI=1S/C14H18N2O2/c1-15-12(8-14(17)18-3)11-9-16(2)13-7-5-4-6-10(11)13/h4-7,9,12,15H,8H2,1-3H3. The highest BCUT2D eigenvalue weighted by Crippen LogP contribution is 2.27. The van der Waals surface area contributed by atoms with Crippen LogP contribution >= 0.6 is 0 Å². The second kappa shape index (κ2) is 5.23. The average molecular weight is 246 g/mol. The summed E-state index contributed by atoms with van der Waals surface area (Å²) in [6.45, 7) is 0. The quantitative estimate of drug-likeness (QED) is 0.839. The van der Waals surface area contributed by atoms with Gasteiger partial charge in [0.2, 0.25) is 0 Å². The van der Waals surface area contributed by atoms with Crippen molar-refractivity contribution in [2.75, 3.05) is 14.2 Å². The van der Waals surface area contributed by atoms with E-state index in [1.165, 1.54) is 12.5 Å². The monoisotopic (exact) mass is 246 g/mol. The van der Waals surface area contributed by atoms with Crippen molar-refractivity contribution in [3.05, 3.63) is 36.0 Å². The van der Waals surface area contributed by atoms with Crippen LogP contribution in [0.5, 0.6) is 0 Å². The number of nitrogens with zero attached hydrogens (tertiary/aromatic N) is 1. The van der Waals surface area contributed by atoms with Crippen LogP contribution in [0.2, 0.25) is 0 Å². The van der Waals surface area contributed by atoms with E-state index in [0.717, 1.165) is 11.1 Å². The molecule has 0 aliphatic rings. The number of fused-ring (bicyclic) bond motifs is 1. The fraction of sp³-hybridized carbons (Fsp3) is 0.357. The molecule has 2 aromatic rings. The Morgan fingerprint density at radius 1 is 1.44 bits per heavy atom. The molecule has 1 heterocycles. The summed E-state index contributed by atoms with van der Waals surface area (Å²) in [5.74, 6) is -0.206. The highest BCUT2D eigenvalue weighted by atomic mass is 16.5. The Morgan fingerprint density at radius 3 is 2.83 bits per heavy atom. The van der Waals surface area contributed by atoms with Crippen molar-refractivity contribution in [2.45, 2.75) is 12.5 Å². The molecule has 0 saturated heterocycles. The highest BCUT2D eigenvalue weighted by molar-refractivity contribution is 5.85. The van der Waals surface area contributed by atoms with E-state index < -0.39 is 0 Å². The predicted octanol–water partition coefficient (Wildman–Crippen LogP) is 2.00. The number of nitrogens with one attached hydrogen (secondary N) is 1. The molecular formula is C14H18N2O2. The zero-order chi connectivity index (χ0) is 13.1. The lowest BCUT2D eigenvalue weighted by atomic mass is 10.0. The molecule has 1 N–H and O–H groups in total. The van der Waals surface area contributed by atoms with Crippen LogP contribution in [-0.2, 0) is 16.6 Å². The molecule has 0 amide bonds. The smallest absolute Gasteiger partial charge is 0.307 e. The van der Waals surface area contributed by atoms with Gasteiger partial charge in [0, 0.05) is 30.2 Å². The fourth-order valence-electron chi connectivity index (χ4n) is 2.27. The predicted molar refractivity (Wildman–Crippen MR) is 71.4 cm³/mol. The van der Waals surface area contributed by atoms with Gasteiger partial charge < -0.3 is 14.6 Å². The third-order valence-corrected chi connectivity index (χ3v) is 3.25. The third kappa shape index (κ3) is 2.24. The van der Waals surface area contributed by atoms with Crippen LogP contribution in [0.15, 0.2) is 30.5 Å². The van der Waals surface area contributed by atoms with Crippen molar-refractivity contribution >= 4 is 16.9 Å². The summed E-state index contributed by atoms with van der Waals surface area (Å²) in [6.07, 6.45) is 2.40. The maximum Gasteiger partial charge on any atom is 0.307 e. The normalized spacial score (nSPS) is 12.6. The van der Waals surface area contributed by atoms with Crippen molar-refractivity contribution in [3.63, 3.8) is 0 Å². The second-order valence-corrected chi connectivity index (χ2v) is 4.33. The fourth-order valence-corrected chi connectivity index (χ4v) is 2.27. The number of carbonyl (C=O) groups is 1. The van der Waals surface area contributed by atoms with Crippen LogP contribution in [-0.4, -0.2) is 24.7 Å². The van der Waals surface area contributed by atoms with Gasteiger partial charge in [-0.15, -0.1) is 0 Å². The second-order valence-electron chi connectivity index (χ2n) is 4.33. The van der Waals surface area contributed by atoms with Crippen molar-refractivity contribution in [2.24, 2.45) is 7.05 Å². The first-order chi connectivity index (χ1) is 8.67. The van der Waals surface area contributed by atoms with Gasteiger partial charge in [0.05, 0.1) is 13.5 Å². The van der Waals surface area contributed by atoms with Crippen molar-refractivity contribution in [3.8, 4) is 0 Å². The van der Waals surface area contributed by atoms with E-state index in [2.05, 4.69) is 28.2 Å². The van der Waals surface area contributed by atoms with Gasteiger partial charge in [0.15, 0.2) is 0 Å². The van der Waals surface area contributed by atoms with Gasteiger partial charge in [-0.25, -0.2) is 0 Å². The zero-order valence-electron chi connectivity index (χ0n) is 10.9. The van der Waals surface area contributed by atoms with Crippen molar-refractivity contribution < 1.29 is 9.53 Å². The Labute approximate surface area is 107 Å². The number of aryl methyl sites for hydroxylation is 1. The number of ether oxygens (including phenoxy) is 1. The molecule has 4 nitrogen and oxygen atoms in total. The Bertz CT molecular complexity index is 560. The number of para-hydroxylation sites is 1. The molecule has 1 atom stereocenters. The largest absolute Gasteiger partial charge is 0.469 e. The molecule has 0 spiro atoms. The molecule has 0 radical (unpaired) electrons. The van der Waals surface area contributed by atoms with E-state index in [0.29, 0.717) is 6.42 Å². The van der Waals surface area contributed by atoms with Gasteiger partial charge in [-0.2, -0.15) is 0 Å². The van der Waals surface area contributed by atoms with E-state index in [4.69, 9.17) is 4.74 Å². The SMILES string of the molecule is CNC(CC(=O)OC)c1cn(C)c2ccccc12. The van der Waals surface area contributed by atoms with Gasteiger partial charge in [-0.05, 0) is 18.7 Å². The van der Waals surface area contributed by atoms with Crippen LogP contribution in [0.1, 0.15) is 18.0 Å². The molecular weight excluding hydrogens is 228 g/mol. The number of carbonyl (C=O) groups excluding carboxylic acids is 1. The van der Waals surface area contributed by atoms with Crippen LogP contribution < -0.4 is 5.32 Å². The Hall–Kier alpha value is -1.81. The molecule has 0 fully saturated rings. The van der Waals surface area contributed by atoms with Gasteiger partial charge in [-0.3, -0.25) is 4.79 Å². The maximum absolute atomic E-state index is 11.4. The lowest BCUT2D eigenvalue weighted by Crippen LogP contribution is -2.20. The minimum atomic E-state index is -0.206. The van der Waals surface area contributed by atoms with Crippen LogP contribution in [0.4, 0.5) is 0 Å². The summed E-state index contributed by atoms with van der Waals surface area (Å²) in [5.41, 5.74) is 2.29. The molecule has 0 bridgehead atoms. The topological polar surface area (TPSA) is 43.3 Å². The molecule has 4 heteroatoms. The van der Waals surface area contributed by atoms with Gasteiger partial charge in [0.25, 0.3) is 0 Å². The summed E-state index contributed by atoms with van der Waals surface area (Å²) in [7, 11) is 5.28. The molecule has 1 aromatic heterocycles. The van der Waals surface area contributed by atoms with E-state index >= 15 is 0 Å². The number of hydrogen-bond acceptors (Lipinski definition) is 3. The molecule has 0 aliphatic heterocycles. The minimum absolute atomic E-state index is 0.0245. The summed E-state index contributed by atoms with van der Waals surface area (Å²) < 4.78 is 6.81. The first-order valence-corrected chi connectivity index (χ1v) is 5.95. The summed E-state index contributed by atoms with van der Waals surface area (Å²) in [5, 5.41) is 4.34. The van der Waals surface area contributed by atoms with Crippen LogP contribution in [0.25, 0.3) is 10.9 Å². The van der Waals surface area contributed by atoms with Gasteiger partial charge >= 0.3 is 5.97 Å². The van der Waals surface area contributed by atoms with Crippen LogP contribution in [0.3, 0.4) is 0 Å². The molecule has 1 unspecified atom stereocenters. The molecule has 2 rings (SSSR count). The van der Waals surface area contributed by atoms with E-state index in [1.807, 2.05) is 26.2 Å². The summed E-state index contributed by atoms with van der Waals surface area (Å²) in [4.78, 5) is 11.4. The summed E-state index contributed by atoms with van der Waals surface area (Å²) >= 11 is 0. The van der Waals surface area contributed by atoms with E-state index in [-0.39, 0.29) is 12.0 Å².